The van der Waals surface area contributed by atoms with Gasteiger partial charge < -0.3 is 4.74 Å². The molecule has 0 fully saturated rings. The van der Waals surface area contributed by atoms with Crippen LogP contribution in [0.15, 0.2) is 40.4 Å². The zero-order valence-corrected chi connectivity index (χ0v) is 14.8. The Hall–Kier alpha value is -1.75. The van der Waals surface area contributed by atoms with Crippen LogP contribution in [0.1, 0.15) is 38.7 Å². The number of ketones is 2. The van der Waals surface area contributed by atoms with Gasteiger partial charge >= 0.3 is 5.97 Å². The summed E-state index contributed by atoms with van der Waals surface area (Å²) in [6.45, 7) is 4.15. The van der Waals surface area contributed by atoms with E-state index in [1.807, 2.05) is 18.2 Å². The standard InChI is InChI=1S/C18H19BrO4/c1-18(2)9-13(14(19)10-18)15(20)8-16(21)17(22)23-11-12-6-4-3-5-7-12/h3-7H,8-11H2,1-2H3. The van der Waals surface area contributed by atoms with Gasteiger partial charge in [-0.25, -0.2) is 4.79 Å². The molecule has 0 radical (unpaired) electrons. The summed E-state index contributed by atoms with van der Waals surface area (Å²) < 4.78 is 5.78. The summed E-state index contributed by atoms with van der Waals surface area (Å²) in [5, 5.41) is 0. The Morgan fingerprint density at radius 1 is 1.13 bits per heavy atom. The maximum Gasteiger partial charge on any atom is 0.375 e. The Morgan fingerprint density at radius 2 is 1.78 bits per heavy atom. The molecule has 0 N–H and O–H groups in total. The Bertz CT molecular complexity index is 659. The monoisotopic (exact) mass is 378 g/mol. The molecule has 1 aliphatic rings. The zero-order chi connectivity index (χ0) is 17.0. The summed E-state index contributed by atoms with van der Waals surface area (Å²) in [4.78, 5) is 35.8. The molecule has 4 nitrogen and oxygen atoms in total. The van der Waals surface area contributed by atoms with E-state index in [0.29, 0.717) is 12.0 Å². The molecule has 0 aliphatic heterocycles. The van der Waals surface area contributed by atoms with Gasteiger partial charge in [-0.15, -0.1) is 0 Å². The maximum absolute atomic E-state index is 12.2. The number of hydrogen-bond acceptors (Lipinski definition) is 4. The van der Waals surface area contributed by atoms with E-state index in [1.54, 1.807) is 12.1 Å². The van der Waals surface area contributed by atoms with Crippen LogP contribution in [0.4, 0.5) is 0 Å². The Kier molecular flexibility index (Phi) is 5.52. The van der Waals surface area contributed by atoms with Crippen LogP contribution in [0.25, 0.3) is 0 Å². The van der Waals surface area contributed by atoms with E-state index in [9.17, 15) is 14.4 Å². The summed E-state index contributed by atoms with van der Waals surface area (Å²) in [6.07, 6.45) is 0.938. The average Bonchev–Trinajstić information content (AvgIpc) is 2.78. The highest BCUT2D eigenvalue weighted by Crippen LogP contribution is 2.44. The fourth-order valence-electron chi connectivity index (χ4n) is 2.54. The van der Waals surface area contributed by atoms with Crippen LogP contribution in [-0.2, 0) is 25.7 Å². The minimum absolute atomic E-state index is 0.000687. The first-order valence-corrected chi connectivity index (χ1v) is 8.22. The highest BCUT2D eigenvalue weighted by molar-refractivity contribution is 9.11. The van der Waals surface area contributed by atoms with Crippen molar-refractivity contribution < 1.29 is 19.1 Å². The van der Waals surface area contributed by atoms with Crippen LogP contribution in [-0.4, -0.2) is 17.5 Å². The van der Waals surface area contributed by atoms with Gasteiger partial charge in [-0.1, -0.05) is 60.1 Å². The van der Waals surface area contributed by atoms with Crippen LogP contribution in [0.5, 0.6) is 0 Å². The molecule has 0 bridgehead atoms. The largest absolute Gasteiger partial charge is 0.455 e. The summed E-state index contributed by atoms with van der Waals surface area (Å²) in [6, 6.07) is 9.08. The van der Waals surface area contributed by atoms with Crippen molar-refractivity contribution in [3.8, 4) is 0 Å². The topological polar surface area (TPSA) is 60.4 Å². The molecule has 1 aromatic carbocycles. The molecule has 23 heavy (non-hydrogen) atoms. The van der Waals surface area contributed by atoms with Gasteiger partial charge in [-0.2, -0.15) is 0 Å². The SMILES string of the molecule is CC1(C)CC(Br)=C(C(=O)CC(=O)C(=O)OCc2ccccc2)C1. The minimum Gasteiger partial charge on any atom is -0.455 e. The number of benzene rings is 1. The van der Waals surface area contributed by atoms with Gasteiger partial charge in [0, 0.05) is 10.1 Å². The summed E-state index contributed by atoms with van der Waals surface area (Å²) in [7, 11) is 0. The third-order valence-electron chi connectivity index (χ3n) is 3.71. The van der Waals surface area contributed by atoms with Crippen molar-refractivity contribution in [2.24, 2.45) is 5.41 Å². The smallest absolute Gasteiger partial charge is 0.375 e. The van der Waals surface area contributed by atoms with Crippen LogP contribution in [0, 0.1) is 5.41 Å². The van der Waals surface area contributed by atoms with Crippen molar-refractivity contribution in [3.05, 3.63) is 46.0 Å². The lowest BCUT2D eigenvalue weighted by molar-refractivity contribution is -0.155. The summed E-state index contributed by atoms with van der Waals surface area (Å²) in [5.74, 6) is -2.07. The van der Waals surface area contributed by atoms with Crippen LogP contribution >= 0.6 is 15.9 Å². The molecule has 5 heteroatoms. The van der Waals surface area contributed by atoms with Gasteiger partial charge in [-0.05, 0) is 23.8 Å². The van der Waals surface area contributed by atoms with Crippen molar-refractivity contribution in [1.29, 1.82) is 0 Å². The molecule has 0 unspecified atom stereocenters. The number of carbonyl (C=O) groups is 3. The molecular weight excluding hydrogens is 360 g/mol. The van der Waals surface area contributed by atoms with Gasteiger partial charge in [0.05, 0.1) is 6.42 Å². The van der Waals surface area contributed by atoms with Crippen molar-refractivity contribution in [1.82, 2.24) is 0 Å². The predicted octanol–water partition coefficient (Wildman–Crippen LogP) is 3.73. The molecule has 0 spiro atoms. The van der Waals surface area contributed by atoms with E-state index in [-0.39, 0.29) is 17.8 Å². The first-order valence-electron chi connectivity index (χ1n) is 7.43. The van der Waals surface area contributed by atoms with Gasteiger partial charge in [-0.3, -0.25) is 9.59 Å². The maximum atomic E-state index is 12.2. The molecule has 0 heterocycles. The van der Waals surface area contributed by atoms with Gasteiger partial charge in [0.15, 0.2) is 5.78 Å². The quantitative estimate of drug-likeness (QED) is 0.429. The summed E-state index contributed by atoms with van der Waals surface area (Å²) >= 11 is 3.40. The molecule has 0 atom stereocenters. The van der Waals surface area contributed by atoms with Gasteiger partial charge in [0.25, 0.3) is 0 Å². The van der Waals surface area contributed by atoms with E-state index in [1.165, 1.54) is 0 Å². The Labute approximate surface area is 144 Å². The highest BCUT2D eigenvalue weighted by Gasteiger charge is 2.34. The summed E-state index contributed by atoms with van der Waals surface area (Å²) in [5.41, 5.74) is 1.41. The van der Waals surface area contributed by atoms with E-state index in [2.05, 4.69) is 29.8 Å². The predicted molar refractivity (Wildman–Crippen MR) is 89.8 cm³/mol. The number of rotatable bonds is 6. The van der Waals surface area contributed by atoms with Crippen LogP contribution < -0.4 is 0 Å². The molecule has 1 aromatic rings. The first-order chi connectivity index (χ1) is 10.8. The van der Waals surface area contributed by atoms with Crippen LogP contribution in [0.3, 0.4) is 0 Å². The lowest BCUT2D eigenvalue weighted by atomic mass is 9.88. The number of carbonyl (C=O) groups excluding carboxylic acids is 3. The second-order valence-electron chi connectivity index (χ2n) is 6.49. The lowest BCUT2D eigenvalue weighted by Gasteiger charge is -2.16. The van der Waals surface area contributed by atoms with Gasteiger partial charge in [0.2, 0.25) is 5.78 Å². The third-order valence-corrected chi connectivity index (χ3v) is 4.47. The fourth-order valence-corrected chi connectivity index (χ4v) is 3.66. The second kappa shape index (κ2) is 7.21. The Morgan fingerprint density at radius 3 is 2.35 bits per heavy atom. The molecular formula is C18H19BrO4. The van der Waals surface area contributed by atoms with Crippen molar-refractivity contribution >= 4 is 33.5 Å². The van der Waals surface area contributed by atoms with Crippen molar-refractivity contribution in [2.45, 2.75) is 39.7 Å². The molecule has 122 valence electrons. The van der Waals surface area contributed by atoms with Crippen molar-refractivity contribution in [3.63, 3.8) is 0 Å². The number of esters is 1. The van der Waals surface area contributed by atoms with Gasteiger partial charge in [0.1, 0.15) is 6.61 Å². The van der Waals surface area contributed by atoms with Crippen molar-refractivity contribution in [2.75, 3.05) is 0 Å². The van der Waals surface area contributed by atoms with E-state index in [0.717, 1.165) is 16.5 Å². The molecule has 2 rings (SSSR count). The average molecular weight is 379 g/mol. The number of hydrogen-bond donors (Lipinski definition) is 0. The third kappa shape index (κ3) is 4.86. The molecule has 0 amide bonds. The normalized spacial score (nSPS) is 16.3. The van der Waals surface area contributed by atoms with E-state index in [4.69, 9.17) is 4.74 Å². The number of allylic oxidation sites excluding steroid dienone is 2. The second-order valence-corrected chi connectivity index (χ2v) is 7.44. The Balaban J connectivity index is 1.88. The number of halogens is 1. The zero-order valence-electron chi connectivity index (χ0n) is 13.2. The fraction of sp³-hybridized carbons (Fsp3) is 0.389. The first kappa shape index (κ1) is 17.6. The molecule has 1 aliphatic carbocycles. The number of ether oxygens (including phenoxy) is 1. The molecule has 0 aromatic heterocycles. The lowest BCUT2D eigenvalue weighted by Crippen LogP contribution is -2.21. The highest BCUT2D eigenvalue weighted by atomic mass is 79.9. The van der Waals surface area contributed by atoms with Crippen LogP contribution in [0.2, 0.25) is 0 Å². The minimum atomic E-state index is -0.962. The van der Waals surface area contributed by atoms with E-state index < -0.39 is 18.2 Å². The molecule has 0 saturated carbocycles. The number of Topliss-reactive ketones (excluding diaryl/α,β-unsaturated/α-hetero) is 2. The molecule has 0 saturated heterocycles. The van der Waals surface area contributed by atoms with E-state index >= 15 is 0 Å².